The fraction of sp³-hybridized carbons (Fsp3) is 0.263. The normalized spacial score (nSPS) is 15.5. The smallest absolute Gasteiger partial charge is 0.132 e. The minimum atomic E-state index is -0.368. The van der Waals surface area contributed by atoms with Crippen molar-refractivity contribution in [2.45, 2.75) is 26.4 Å². The molecule has 22 heavy (non-hydrogen) atoms. The summed E-state index contributed by atoms with van der Waals surface area (Å²) in [6.07, 6.45) is 2.15. The van der Waals surface area contributed by atoms with Crippen LogP contribution >= 0.6 is 11.6 Å². The molecule has 0 amide bonds. The van der Waals surface area contributed by atoms with Crippen LogP contribution in [0.15, 0.2) is 48.5 Å². The molecule has 0 atom stereocenters. The molecule has 0 bridgehead atoms. The first kappa shape index (κ1) is 15.0. The molecule has 2 aromatic rings. The summed E-state index contributed by atoms with van der Waals surface area (Å²) in [5, 5.41) is 0.739. The third-order valence-corrected chi connectivity index (χ3v) is 3.83. The van der Waals surface area contributed by atoms with Crippen LogP contribution in [0, 0.1) is 0 Å². The molecule has 1 aliphatic rings. The van der Waals surface area contributed by atoms with Crippen molar-refractivity contribution in [1.29, 1.82) is 0 Å². The van der Waals surface area contributed by atoms with Crippen molar-refractivity contribution in [3.05, 3.63) is 64.7 Å². The van der Waals surface area contributed by atoms with Crippen molar-refractivity contribution >= 4 is 17.2 Å². The van der Waals surface area contributed by atoms with Gasteiger partial charge in [0.05, 0.1) is 6.61 Å². The number of hydrogen-bond acceptors (Lipinski definition) is 2. The second kappa shape index (κ2) is 5.69. The highest BCUT2D eigenvalue weighted by molar-refractivity contribution is 6.30. The first-order chi connectivity index (χ1) is 10.5. The second-order valence-corrected chi connectivity index (χ2v) is 6.30. The summed E-state index contributed by atoms with van der Waals surface area (Å²) < 4.78 is 11.7. The Morgan fingerprint density at radius 2 is 1.82 bits per heavy atom. The Morgan fingerprint density at radius 1 is 1.09 bits per heavy atom. The van der Waals surface area contributed by atoms with Gasteiger partial charge >= 0.3 is 0 Å². The average molecular weight is 315 g/mol. The number of halogens is 1. The lowest BCUT2D eigenvalue weighted by Crippen LogP contribution is -2.29. The molecule has 0 N–H and O–H groups in total. The minimum Gasteiger partial charge on any atom is -0.494 e. The summed E-state index contributed by atoms with van der Waals surface area (Å²) in [5.41, 5.74) is 2.99. The minimum absolute atomic E-state index is 0.368. The lowest BCUT2D eigenvalue weighted by Gasteiger charge is -2.31. The van der Waals surface area contributed by atoms with Gasteiger partial charge in [-0.15, -0.1) is 0 Å². The molecule has 0 aromatic heterocycles. The van der Waals surface area contributed by atoms with Gasteiger partial charge < -0.3 is 9.47 Å². The Kier molecular flexibility index (Phi) is 3.88. The topological polar surface area (TPSA) is 18.5 Å². The fourth-order valence-corrected chi connectivity index (χ4v) is 2.80. The van der Waals surface area contributed by atoms with E-state index in [2.05, 4.69) is 26.0 Å². The molecule has 0 saturated heterocycles. The van der Waals surface area contributed by atoms with Crippen LogP contribution in [0.1, 0.15) is 31.9 Å². The summed E-state index contributed by atoms with van der Waals surface area (Å²) in [4.78, 5) is 0. The van der Waals surface area contributed by atoms with Gasteiger partial charge in [0.1, 0.15) is 17.1 Å². The summed E-state index contributed by atoms with van der Waals surface area (Å²) in [6.45, 7) is 6.73. The van der Waals surface area contributed by atoms with Crippen LogP contribution < -0.4 is 9.47 Å². The molecule has 2 aromatic carbocycles. The standard InChI is InChI=1S/C19H19ClO2/c1-4-21-15-9-10-16-17(13-5-7-14(20)8-6-13)12-19(2,3)22-18(16)11-15/h5-12H,4H2,1-3H3. The monoisotopic (exact) mass is 314 g/mol. The molecule has 0 aliphatic carbocycles. The van der Waals surface area contributed by atoms with E-state index in [9.17, 15) is 0 Å². The predicted molar refractivity (Wildman–Crippen MR) is 90.8 cm³/mol. The van der Waals surface area contributed by atoms with Gasteiger partial charge in [-0.25, -0.2) is 0 Å². The predicted octanol–water partition coefficient (Wildman–Crippen LogP) is 5.34. The van der Waals surface area contributed by atoms with E-state index in [0.29, 0.717) is 6.61 Å². The van der Waals surface area contributed by atoms with Gasteiger partial charge in [-0.1, -0.05) is 23.7 Å². The van der Waals surface area contributed by atoms with Gasteiger partial charge in [-0.2, -0.15) is 0 Å². The van der Waals surface area contributed by atoms with Crippen LogP contribution in [0.25, 0.3) is 5.57 Å². The molecule has 1 heterocycles. The van der Waals surface area contributed by atoms with Gasteiger partial charge in [0.2, 0.25) is 0 Å². The maximum Gasteiger partial charge on any atom is 0.132 e. The highest BCUT2D eigenvalue weighted by Gasteiger charge is 2.27. The number of benzene rings is 2. The SMILES string of the molecule is CCOc1ccc2c(c1)OC(C)(C)C=C2c1ccc(Cl)cc1. The molecule has 0 saturated carbocycles. The molecule has 3 heteroatoms. The van der Waals surface area contributed by atoms with E-state index in [-0.39, 0.29) is 5.60 Å². The summed E-state index contributed by atoms with van der Waals surface area (Å²) in [7, 11) is 0. The first-order valence-electron chi connectivity index (χ1n) is 7.43. The molecular formula is C19H19ClO2. The van der Waals surface area contributed by atoms with Crippen molar-refractivity contribution in [2.24, 2.45) is 0 Å². The lowest BCUT2D eigenvalue weighted by molar-refractivity contribution is 0.157. The van der Waals surface area contributed by atoms with Crippen LogP contribution in [0.2, 0.25) is 5.02 Å². The summed E-state index contributed by atoms with van der Waals surface area (Å²) in [5.74, 6) is 1.68. The Balaban J connectivity index is 2.10. The van der Waals surface area contributed by atoms with Gasteiger partial charge in [-0.3, -0.25) is 0 Å². The zero-order valence-corrected chi connectivity index (χ0v) is 13.8. The van der Waals surface area contributed by atoms with Crippen LogP contribution in [0.3, 0.4) is 0 Å². The van der Waals surface area contributed by atoms with Gasteiger partial charge in [-0.05, 0) is 62.2 Å². The number of fused-ring (bicyclic) bond motifs is 1. The zero-order valence-electron chi connectivity index (χ0n) is 13.0. The largest absolute Gasteiger partial charge is 0.494 e. The highest BCUT2D eigenvalue weighted by Crippen LogP contribution is 2.41. The Bertz CT molecular complexity index is 715. The average Bonchev–Trinajstić information content (AvgIpc) is 2.46. The van der Waals surface area contributed by atoms with Crippen molar-refractivity contribution in [2.75, 3.05) is 6.61 Å². The third kappa shape index (κ3) is 2.97. The lowest BCUT2D eigenvalue weighted by atomic mass is 9.90. The van der Waals surface area contributed by atoms with Gasteiger partial charge in [0.15, 0.2) is 0 Å². The zero-order chi connectivity index (χ0) is 15.7. The Morgan fingerprint density at radius 3 is 2.50 bits per heavy atom. The first-order valence-corrected chi connectivity index (χ1v) is 7.81. The molecular weight excluding hydrogens is 296 g/mol. The van der Waals surface area contributed by atoms with E-state index < -0.39 is 0 Å². The van der Waals surface area contributed by atoms with E-state index in [1.165, 1.54) is 0 Å². The van der Waals surface area contributed by atoms with Crippen molar-refractivity contribution < 1.29 is 9.47 Å². The fourth-order valence-electron chi connectivity index (χ4n) is 2.67. The van der Waals surface area contributed by atoms with E-state index >= 15 is 0 Å². The molecule has 1 aliphatic heterocycles. The van der Waals surface area contributed by atoms with Crippen molar-refractivity contribution in [3.63, 3.8) is 0 Å². The molecule has 114 valence electrons. The Labute approximate surface area is 136 Å². The maximum atomic E-state index is 6.10. The van der Waals surface area contributed by atoms with E-state index in [1.807, 2.05) is 43.3 Å². The molecule has 0 radical (unpaired) electrons. The van der Waals surface area contributed by atoms with Crippen molar-refractivity contribution in [3.8, 4) is 11.5 Å². The van der Waals surface area contributed by atoms with Crippen molar-refractivity contribution in [1.82, 2.24) is 0 Å². The second-order valence-electron chi connectivity index (χ2n) is 5.86. The molecule has 0 spiro atoms. The Hall–Kier alpha value is -1.93. The summed E-state index contributed by atoms with van der Waals surface area (Å²) in [6, 6.07) is 13.9. The van der Waals surface area contributed by atoms with Gasteiger partial charge in [0.25, 0.3) is 0 Å². The maximum absolute atomic E-state index is 6.10. The molecule has 2 nitrogen and oxygen atoms in total. The number of ether oxygens (including phenoxy) is 2. The van der Waals surface area contributed by atoms with E-state index in [4.69, 9.17) is 21.1 Å². The number of hydrogen-bond donors (Lipinski definition) is 0. The van der Waals surface area contributed by atoms with E-state index in [0.717, 1.165) is 33.2 Å². The van der Waals surface area contributed by atoms with Crippen LogP contribution in [-0.4, -0.2) is 12.2 Å². The van der Waals surface area contributed by atoms with Crippen LogP contribution in [0.5, 0.6) is 11.5 Å². The quantitative estimate of drug-likeness (QED) is 0.761. The molecule has 3 rings (SSSR count). The van der Waals surface area contributed by atoms with Crippen LogP contribution in [0.4, 0.5) is 0 Å². The highest BCUT2D eigenvalue weighted by atomic mass is 35.5. The third-order valence-electron chi connectivity index (χ3n) is 3.57. The summed E-state index contributed by atoms with van der Waals surface area (Å²) >= 11 is 6.00. The van der Waals surface area contributed by atoms with Crippen LogP contribution in [-0.2, 0) is 0 Å². The molecule has 0 unspecified atom stereocenters. The number of rotatable bonds is 3. The van der Waals surface area contributed by atoms with E-state index in [1.54, 1.807) is 0 Å². The van der Waals surface area contributed by atoms with Gasteiger partial charge in [0, 0.05) is 16.7 Å². The molecule has 0 fully saturated rings.